The van der Waals surface area contributed by atoms with Gasteiger partial charge in [-0.3, -0.25) is 4.79 Å². The molecule has 0 aliphatic rings. The van der Waals surface area contributed by atoms with Gasteiger partial charge in [0.05, 0.1) is 0 Å². The van der Waals surface area contributed by atoms with Gasteiger partial charge in [-0.15, -0.1) is 0 Å². The van der Waals surface area contributed by atoms with Crippen LogP contribution in [0, 0.1) is 0 Å². The van der Waals surface area contributed by atoms with Crippen LogP contribution in [0.25, 0.3) is 0 Å². The first-order valence-corrected chi connectivity index (χ1v) is 4.22. The Morgan fingerprint density at radius 2 is 2.07 bits per heavy atom. The van der Waals surface area contributed by atoms with Gasteiger partial charge in [0, 0.05) is 18.1 Å². The summed E-state index contributed by atoms with van der Waals surface area (Å²) in [5.41, 5.74) is 0.758. The van der Waals surface area contributed by atoms with E-state index < -0.39 is 0 Å². The summed E-state index contributed by atoms with van der Waals surface area (Å²) in [7, 11) is 0. The van der Waals surface area contributed by atoms with Gasteiger partial charge in [-0.2, -0.15) is 0 Å². The number of H-pyrrole nitrogens is 1. The fraction of sp³-hybridized carbons (Fsp3) is 0. The van der Waals surface area contributed by atoms with Crippen molar-refractivity contribution in [1.29, 1.82) is 0 Å². The van der Waals surface area contributed by atoms with Gasteiger partial charge in [-0.05, 0) is 12.1 Å². The minimum atomic E-state index is -0.235. The summed E-state index contributed by atoms with van der Waals surface area (Å²) in [4.78, 5) is 18.0. The Hall–Kier alpha value is -2.10. The number of para-hydroxylation sites is 1. The van der Waals surface area contributed by atoms with Crippen molar-refractivity contribution >= 4 is 11.6 Å². The molecule has 2 N–H and O–H groups in total. The molecule has 1 aromatic carbocycles. The molecule has 0 unspecified atom stereocenters. The second kappa shape index (κ2) is 3.74. The molecular weight excluding hydrogens is 178 g/mol. The van der Waals surface area contributed by atoms with E-state index in [9.17, 15) is 4.79 Å². The number of imidazole rings is 1. The first kappa shape index (κ1) is 8.50. The van der Waals surface area contributed by atoms with Crippen molar-refractivity contribution in [2.75, 3.05) is 5.32 Å². The molecule has 0 fully saturated rings. The van der Waals surface area contributed by atoms with Gasteiger partial charge < -0.3 is 10.3 Å². The Bertz CT molecular complexity index is 408. The quantitative estimate of drug-likeness (QED) is 0.751. The molecule has 0 atom stereocenters. The molecule has 2 aromatic rings. The predicted molar refractivity (Wildman–Crippen MR) is 53.0 cm³/mol. The maximum atomic E-state index is 11.5. The van der Waals surface area contributed by atoms with Crippen molar-refractivity contribution in [3.8, 4) is 0 Å². The molecule has 1 amide bonds. The summed E-state index contributed by atoms with van der Waals surface area (Å²) in [6, 6.07) is 9.25. The maximum absolute atomic E-state index is 11.5. The Kier molecular flexibility index (Phi) is 2.27. The largest absolute Gasteiger partial charge is 0.341 e. The van der Waals surface area contributed by atoms with E-state index >= 15 is 0 Å². The number of nitrogens with one attached hydrogen (secondary N) is 2. The highest BCUT2D eigenvalue weighted by molar-refractivity contribution is 6.01. The first-order chi connectivity index (χ1) is 6.86. The number of rotatable bonds is 2. The molecule has 2 rings (SSSR count). The molecule has 1 aromatic heterocycles. The predicted octanol–water partition coefficient (Wildman–Crippen LogP) is 1.66. The molecular formula is C10H9N3O. The summed E-state index contributed by atoms with van der Waals surface area (Å²) in [5.74, 6) is 0.0788. The van der Waals surface area contributed by atoms with E-state index in [2.05, 4.69) is 15.3 Å². The van der Waals surface area contributed by atoms with E-state index in [1.165, 1.54) is 0 Å². The van der Waals surface area contributed by atoms with Crippen molar-refractivity contribution in [1.82, 2.24) is 9.97 Å². The highest BCUT2D eigenvalue weighted by Gasteiger charge is 2.06. The van der Waals surface area contributed by atoms with E-state index in [1.54, 1.807) is 12.4 Å². The summed E-state index contributed by atoms with van der Waals surface area (Å²) in [6.45, 7) is 0. The molecule has 4 nitrogen and oxygen atoms in total. The number of carbonyl (C=O) groups is 1. The van der Waals surface area contributed by atoms with Crippen molar-refractivity contribution in [3.05, 3.63) is 48.5 Å². The van der Waals surface area contributed by atoms with Crippen LogP contribution in [0.1, 0.15) is 10.6 Å². The van der Waals surface area contributed by atoms with Gasteiger partial charge in [-0.25, -0.2) is 4.98 Å². The molecule has 0 saturated heterocycles. The van der Waals surface area contributed by atoms with Crippen molar-refractivity contribution in [2.24, 2.45) is 0 Å². The van der Waals surface area contributed by atoms with Crippen LogP contribution in [-0.2, 0) is 0 Å². The maximum Gasteiger partial charge on any atom is 0.291 e. The van der Waals surface area contributed by atoms with E-state index in [-0.39, 0.29) is 5.91 Å². The normalized spacial score (nSPS) is 9.71. The molecule has 4 heteroatoms. The molecule has 0 spiro atoms. The average Bonchev–Trinajstić information content (AvgIpc) is 2.72. The molecule has 70 valence electrons. The summed E-state index contributed by atoms with van der Waals surface area (Å²) in [6.07, 6.45) is 3.15. The number of hydrogen-bond donors (Lipinski definition) is 2. The zero-order valence-corrected chi connectivity index (χ0v) is 7.40. The zero-order chi connectivity index (χ0) is 9.80. The van der Waals surface area contributed by atoms with Gasteiger partial charge in [-0.1, -0.05) is 18.2 Å². The topological polar surface area (TPSA) is 57.8 Å². The average molecular weight is 187 g/mol. The van der Waals surface area contributed by atoms with Gasteiger partial charge in [0.2, 0.25) is 0 Å². The third kappa shape index (κ3) is 1.80. The van der Waals surface area contributed by atoms with Crippen LogP contribution < -0.4 is 5.32 Å². The standard InChI is InChI=1S/C10H9N3O/c14-10(9-11-6-7-12-9)13-8-4-2-1-3-5-8/h1-7H,(H,11,12)(H,13,14). The van der Waals surface area contributed by atoms with Gasteiger partial charge >= 0.3 is 0 Å². The van der Waals surface area contributed by atoms with E-state index in [4.69, 9.17) is 0 Å². The second-order valence-corrected chi connectivity index (χ2v) is 2.76. The van der Waals surface area contributed by atoms with Gasteiger partial charge in [0.25, 0.3) is 5.91 Å². The smallest absolute Gasteiger partial charge is 0.291 e. The fourth-order valence-corrected chi connectivity index (χ4v) is 1.10. The molecule has 0 bridgehead atoms. The summed E-state index contributed by atoms with van der Waals surface area (Å²) < 4.78 is 0. The lowest BCUT2D eigenvalue weighted by Gasteiger charge is -2.01. The van der Waals surface area contributed by atoms with Crippen LogP contribution >= 0.6 is 0 Å². The molecule has 0 aliphatic carbocycles. The van der Waals surface area contributed by atoms with E-state index in [1.807, 2.05) is 30.3 Å². The summed E-state index contributed by atoms with van der Waals surface area (Å²) in [5, 5.41) is 2.71. The van der Waals surface area contributed by atoms with Crippen LogP contribution in [0.5, 0.6) is 0 Å². The Labute approximate surface area is 81.0 Å². The molecule has 0 aliphatic heterocycles. The Morgan fingerprint density at radius 3 is 2.71 bits per heavy atom. The second-order valence-electron chi connectivity index (χ2n) is 2.76. The monoisotopic (exact) mass is 187 g/mol. The zero-order valence-electron chi connectivity index (χ0n) is 7.40. The lowest BCUT2D eigenvalue weighted by atomic mass is 10.3. The number of nitrogens with zero attached hydrogens (tertiary/aromatic N) is 1. The van der Waals surface area contributed by atoms with E-state index in [0.717, 1.165) is 5.69 Å². The fourth-order valence-electron chi connectivity index (χ4n) is 1.10. The third-order valence-electron chi connectivity index (χ3n) is 1.74. The van der Waals surface area contributed by atoms with Crippen molar-refractivity contribution in [2.45, 2.75) is 0 Å². The number of carbonyl (C=O) groups excluding carboxylic acids is 1. The van der Waals surface area contributed by atoms with Crippen LogP contribution in [-0.4, -0.2) is 15.9 Å². The van der Waals surface area contributed by atoms with Crippen LogP contribution in [0.4, 0.5) is 5.69 Å². The van der Waals surface area contributed by atoms with Crippen LogP contribution in [0.15, 0.2) is 42.7 Å². The molecule has 14 heavy (non-hydrogen) atoms. The van der Waals surface area contributed by atoms with Gasteiger partial charge in [0.15, 0.2) is 5.82 Å². The lowest BCUT2D eigenvalue weighted by Crippen LogP contribution is -2.13. The number of benzene rings is 1. The Balaban J connectivity index is 2.10. The van der Waals surface area contributed by atoms with Crippen LogP contribution in [0.3, 0.4) is 0 Å². The lowest BCUT2D eigenvalue weighted by molar-refractivity contribution is 0.101. The molecule has 0 radical (unpaired) electrons. The minimum Gasteiger partial charge on any atom is -0.341 e. The Morgan fingerprint density at radius 1 is 1.29 bits per heavy atom. The number of amides is 1. The number of aromatic nitrogens is 2. The van der Waals surface area contributed by atoms with Crippen molar-refractivity contribution < 1.29 is 4.79 Å². The molecule has 1 heterocycles. The van der Waals surface area contributed by atoms with Gasteiger partial charge in [0.1, 0.15) is 0 Å². The number of hydrogen-bond acceptors (Lipinski definition) is 2. The number of anilines is 1. The first-order valence-electron chi connectivity index (χ1n) is 4.22. The highest BCUT2D eigenvalue weighted by Crippen LogP contribution is 2.05. The number of aromatic amines is 1. The minimum absolute atomic E-state index is 0.235. The van der Waals surface area contributed by atoms with Crippen molar-refractivity contribution in [3.63, 3.8) is 0 Å². The third-order valence-corrected chi connectivity index (χ3v) is 1.74. The highest BCUT2D eigenvalue weighted by atomic mass is 16.2. The van der Waals surface area contributed by atoms with Crippen LogP contribution in [0.2, 0.25) is 0 Å². The summed E-state index contributed by atoms with van der Waals surface area (Å²) >= 11 is 0. The SMILES string of the molecule is O=C(Nc1ccccc1)c1ncc[nH]1. The molecule has 0 saturated carbocycles. The van der Waals surface area contributed by atoms with E-state index in [0.29, 0.717) is 5.82 Å².